The van der Waals surface area contributed by atoms with E-state index in [0.29, 0.717) is 11.4 Å². The highest BCUT2D eigenvalue weighted by atomic mass is 15.5. The molecule has 0 aliphatic heterocycles. The first-order chi connectivity index (χ1) is 5.28. The van der Waals surface area contributed by atoms with Gasteiger partial charge < -0.3 is 5.73 Å². The van der Waals surface area contributed by atoms with Crippen molar-refractivity contribution >= 4 is 5.82 Å². The van der Waals surface area contributed by atoms with E-state index in [9.17, 15) is 0 Å². The SMILES string of the molecule is Nc1cn(C23CC(C2)C3)nn1. The van der Waals surface area contributed by atoms with Crippen LogP contribution in [0.15, 0.2) is 6.20 Å². The summed E-state index contributed by atoms with van der Waals surface area (Å²) < 4.78 is 1.95. The Kier molecular flexibility index (Phi) is 0.718. The molecule has 0 unspecified atom stereocenters. The van der Waals surface area contributed by atoms with E-state index in [0.717, 1.165) is 5.92 Å². The second-order valence-corrected chi connectivity index (χ2v) is 3.79. The summed E-state index contributed by atoms with van der Waals surface area (Å²) >= 11 is 0. The molecule has 1 aromatic rings. The van der Waals surface area contributed by atoms with Crippen molar-refractivity contribution in [3.63, 3.8) is 0 Å². The van der Waals surface area contributed by atoms with Gasteiger partial charge in [0.15, 0.2) is 5.82 Å². The van der Waals surface area contributed by atoms with Crippen LogP contribution in [0.1, 0.15) is 19.3 Å². The number of nitrogen functional groups attached to an aromatic ring is 1. The largest absolute Gasteiger partial charge is 0.381 e. The lowest BCUT2D eigenvalue weighted by Crippen LogP contribution is -2.59. The molecule has 0 amide bonds. The molecule has 3 saturated carbocycles. The zero-order valence-electron chi connectivity index (χ0n) is 6.20. The van der Waals surface area contributed by atoms with Gasteiger partial charge in [0.25, 0.3) is 0 Å². The molecule has 2 N–H and O–H groups in total. The molecule has 58 valence electrons. The fourth-order valence-corrected chi connectivity index (χ4v) is 2.22. The zero-order valence-corrected chi connectivity index (χ0v) is 6.20. The Bertz CT molecular complexity index is 286. The Morgan fingerprint density at radius 2 is 2.27 bits per heavy atom. The molecule has 11 heavy (non-hydrogen) atoms. The highest BCUT2D eigenvalue weighted by molar-refractivity contribution is 5.23. The van der Waals surface area contributed by atoms with Crippen LogP contribution < -0.4 is 5.73 Å². The van der Waals surface area contributed by atoms with Gasteiger partial charge in [-0.3, -0.25) is 0 Å². The minimum atomic E-state index is 0.343. The molecule has 1 aromatic heterocycles. The van der Waals surface area contributed by atoms with Crippen LogP contribution in [0.4, 0.5) is 5.82 Å². The van der Waals surface area contributed by atoms with Crippen LogP contribution in [0.2, 0.25) is 0 Å². The van der Waals surface area contributed by atoms with Gasteiger partial charge in [0, 0.05) is 0 Å². The lowest BCUT2D eigenvalue weighted by atomic mass is 9.50. The van der Waals surface area contributed by atoms with Crippen LogP contribution >= 0.6 is 0 Å². The van der Waals surface area contributed by atoms with Crippen molar-refractivity contribution in [3.05, 3.63) is 6.20 Å². The van der Waals surface area contributed by atoms with E-state index < -0.39 is 0 Å². The maximum absolute atomic E-state index is 5.48. The molecule has 1 heterocycles. The molecule has 0 spiro atoms. The number of anilines is 1. The van der Waals surface area contributed by atoms with Gasteiger partial charge in [0.2, 0.25) is 0 Å². The highest BCUT2D eigenvalue weighted by Crippen LogP contribution is 2.61. The van der Waals surface area contributed by atoms with Gasteiger partial charge in [-0.15, -0.1) is 5.10 Å². The minimum Gasteiger partial charge on any atom is -0.381 e. The van der Waals surface area contributed by atoms with Crippen molar-refractivity contribution < 1.29 is 0 Å². The van der Waals surface area contributed by atoms with Crippen LogP contribution in [-0.4, -0.2) is 15.0 Å². The van der Waals surface area contributed by atoms with Gasteiger partial charge >= 0.3 is 0 Å². The number of nitrogens with zero attached hydrogens (tertiary/aromatic N) is 3. The van der Waals surface area contributed by atoms with E-state index in [1.54, 1.807) is 0 Å². The fraction of sp³-hybridized carbons (Fsp3) is 0.714. The van der Waals surface area contributed by atoms with Crippen molar-refractivity contribution in [2.75, 3.05) is 5.73 Å². The molecule has 4 heteroatoms. The predicted molar refractivity (Wildman–Crippen MR) is 39.7 cm³/mol. The molecule has 4 rings (SSSR count). The maximum Gasteiger partial charge on any atom is 0.165 e. The van der Waals surface area contributed by atoms with Crippen LogP contribution in [0, 0.1) is 5.92 Å². The summed E-state index contributed by atoms with van der Waals surface area (Å²) in [6, 6.07) is 0. The van der Waals surface area contributed by atoms with Gasteiger partial charge in [-0.05, 0) is 25.2 Å². The number of hydrogen-bond acceptors (Lipinski definition) is 3. The second kappa shape index (κ2) is 1.42. The summed E-state index contributed by atoms with van der Waals surface area (Å²) in [5, 5.41) is 7.77. The van der Waals surface area contributed by atoms with E-state index in [1.165, 1.54) is 19.3 Å². The third-order valence-corrected chi connectivity index (χ3v) is 3.00. The molecular formula is C7H10N4. The van der Waals surface area contributed by atoms with E-state index >= 15 is 0 Å². The summed E-state index contributed by atoms with van der Waals surface area (Å²) in [7, 11) is 0. The average molecular weight is 150 g/mol. The Morgan fingerprint density at radius 1 is 1.55 bits per heavy atom. The zero-order chi connectivity index (χ0) is 7.47. The van der Waals surface area contributed by atoms with E-state index in [-0.39, 0.29) is 0 Å². The third-order valence-electron chi connectivity index (χ3n) is 3.00. The molecule has 0 aromatic carbocycles. The van der Waals surface area contributed by atoms with Gasteiger partial charge in [-0.1, -0.05) is 5.21 Å². The highest BCUT2D eigenvalue weighted by Gasteiger charge is 2.58. The molecular weight excluding hydrogens is 140 g/mol. The summed E-state index contributed by atoms with van der Waals surface area (Å²) in [4.78, 5) is 0. The van der Waals surface area contributed by atoms with Crippen LogP contribution in [0.3, 0.4) is 0 Å². The van der Waals surface area contributed by atoms with Gasteiger partial charge in [-0.2, -0.15) is 0 Å². The number of rotatable bonds is 1. The van der Waals surface area contributed by atoms with E-state index in [2.05, 4.69) is 10.3 Å². The quantitative estimate of drug-likeness (QED) is 0.629. The molecule has 2 bridgehead atoms. The van der Waals surface area contributed by atoms with Crippen molar-refractivity contribution in [2.45, 2.75) is 24.8 Å². The van der Waals surface area contributed by atoms with Gasteiger partial charge in [0.05, 0.1) is 11.7 Å². The first-order valence-corrected chi connectivity index (χ1v) is 3.97. The number of nitrogens with two attached hydrogens (primary N) is 1. The summed E-state index contributed by atoms with van der Waals surface area (Å²) in [6.45, 7) is 0. The smallest absolute Gasteiger partial charge is 0.165 e. The standard InChI is InChI=1S/C7H10N4/c8-6-4-11(10-9-6)7-1-5(2-7)3-7/h4-5H,1-3,8H2. The Balaban J connectivity index is 1.99. The predicted octanol–water partition coefficient (Wildman–Crippen LogP) is 0.369. The van der Waals surface area contributed by atoms with Crippen molar-refractivity contribution in [2.24, 2.45) is 5.92 Å². The molecule has 0 saturated heterocycles. The number of aromatic nitrogens is 3. The number of hydrogen-bond donors (Lipinski definition) is 1. The Morgan fingerprint density at radius 3 is 2.64 bits per heavy atom. The van der Waals surface area contributed by atoms with Gasteiger partial charge in [-0.25, -0.2) is 4.68 Å². The van der Waals surface area contributed by atoms with Crippen molar-refractivity contribution in [1.82, 2.24) is 15.0 Å². The summed E-state index contributed by atoms with van der Waals surface area (Å²) in [5.74, 6) is 1.51. The third kappa shape index (κ3) is 0.514. The fourth-order valence-electron chi connectivity index (χ4n) is 2.22. The van der Waals surface area contributed by atoms with Crippen LogP contribution in [-0.2, 0) is 5.54 Å². The average Bonchev–Trinajstić information content (AvgIpc) is 2.06. The first kappa shape index (κ1) is 5.57. The van der Waals surface area contributed by atoms with Crippen molar-refractivity contribution in [3.8, 4) is 0 Å². The van der Waals surface area contributed by atoms with Gasteiger partial charge in [0.1, 0.15) is 0 Å². The van der Waals surface area contributed by atoms with Crippen LogP contribution in [0.25, 0.3) is 0 Å². The maximum atomic E-state index is 5.48. The Hall–Kier alpha value is -1.06. The molecule has 0 radical (unpaired) electrons. The van der Waals surface area contributed by atoms with E-state index in [1.807, 2.05) is 10.9 Å². The summed E-state index contributed by atoms with van der Waals surface area (Å²) in [6.07, 6.45) is 5.71. The summed E-state index contributed by atoms with van der Waals surface area (Å²) in [5.41, 5.74) is 5.82. The topological polar surface area (TPSA) is 56.7 Å². The second-order valence-electron chi connectivity index (χ2n) is 3.79. The monoisotopic (exact) mass is 150 g/mol. The Labute approximate surface area is 64.4 Å². The lowest BCUT2D eigenvalue weighted by molar-refractivity contribution is -0.0988. The van der Waals surface area contributed by atoms with Crippen LogP contribution in [0.5, 0.6) is 0 Å². The molecule has 3 aliphatic rings. The molecule has 4 nitrogen and oxygen atoms in total. The lowest BCUT2D eigenvalue weighted by Gasteiger charge is -2.61. The molecule has 3 aliphatic carbocycles. The first-order valence-electron chi connectivity index (χ1n) is 3.97. The van der Waals surface area contributed by atoms with E-state index in [4.69, 9.17) is 5.73 Å². The normalized spacial score (nSPS) is 39.5. The minimum absolute atomic E-state index is 0.343. The van der Waals surface area contributed by atoms with Crippen molar-refractivity contribution in [1.29, 1.82) is 0 Å². The molecule has 3 fully saturated rings. The molecule has 0 atom stereocenters.